The normalized spacial score (nSPS) is 18.7. The Hall–Kier alpha value is -1.31. The molecular formula is C17H26F3IN4O3S. The van der Waals surface area contributed by atoms with Gasteiger partial charge in [0.25, 0.3) is 0 Å². The van der Waals surface area contributed by atoms with Gasteiger partial charge in [-0.2, -0.15) is 13.2 Å². The highest BCUT2D eigenvalue weighted by Gasteiger charge is 2.41. The summed E-state index contributed by atoms with van der Waals surface area (Å²) in [7, 11) is -3.16. The van der Waals surface area contributed by atoms with Gasteiger partial charge in [0.15, 0.2) is 15.8 Å². The summed E-state index contributed by atoms with van der Waals surface area (Å²) in [6, 6.07) is 2.07. The molecule has 0 bridgehead atoms. The van der Waals surface area contributed by atoms with Gasteiger partial charge in [-0.25, -0.2) is 18.4 Å². The van der Waals surface area contributed by atoms with Gasteiger partial charge >= 0.3 is 6.18 Å². The van der Waals surface area contributed by atoms with Crippen LogP contribution in [0.3, 0.4) is 0 Å². The molecule has 166 valence electrons. The van der Waals surface area contributed by atoms with Crippen LogP contribution in [0.1, 0.15) is 26.3 Å². The Bertz CT molecular complexity index is 799. The van der Waals surface area contributed by atoms with Crippen LogP contribution in [0.2, 0.25) is 0 Å². The molecule has 1 saturated heterocycles. The Balaban J connectivity index is 0.00000420. The average molecular weight is 550 g/mol. The maximum Gasteiger partial charge on any atom is 0.417 e. The van der Waals surface area contributed by atoms with Gasteiger partial charge in [-0.3, -0.25) is 0 Å². The van der Waals surface area contributed by atoms with Gasteiger partial charge in [0.05, 0.1) is 22.6 Å². The van der Waals surface area contributed by atoms with E-state index in [1.165, 1.54) is 0 Å². The summed E-state index contributed by atoms with van der Waals surface area (Å²) in [5.41, 5.74) is -0.838. The number of aromatic nitrogens is 1. The van der Waals surface area contributed by atoms with E-state index in [0.29, 0.717) is 25.6 Å². The van der Waals surface area contributed by atoms with Crippen molar-refractivity contribution in [2.45, 2.75) is 31.7 Å². The molecular weight excluding hydrogens is 524 g/mol. The smallest absolute Gasteiger partial charge is 0.417 e. The molecule has 0 spiro atoms. The molecule has 7 nitrogen and oxygen atoms in total. The summed E-state index contributed by atoms with van der Waals surface area (Å²) in [4.78, 5) is 9.96. The molecule has 1 aromatic rings. The molecule has 12 heteroatoms. The van der Waals surface area contributed by atoms with Crippen LogP contribution in [0.4, 0.5) is 13.2 Å². The monoisotopic (exact) mass is 550 g/mol. The van der Waals surface area contributed by atoms with Crippen molar-refractivity contribution in [3.63, 3.8) is 0 Å². The third kappa shape index (κ3) is 6.86. The Morgan fingerprint density at radius 1 is 1.38 bits per heavy atom. The molecule has 1 fully saturated rings. The predicted molar refractivity (Wildman–Crippen MR) is 116 cm³/mol. The zero-order valence-corrected chi connectivity index (χ0v) is 19.6. The molecule has 0 aromatic carbocycles. The van der Waals surface area contributed by atoms with Crippen LogP contribution in [0, 0.1) is 0 Å². The first kappa shape index (κ1) is 25.7. The molecule has 0 unspecified atom stereocenters. The van der Waals surface area contributed by atoms with Crippen LogP contribution < -0.4 is 10.1 Å². The van der Waals surface area contributed by atoms with Crippen LogP contribution in [-0.2, 0) is 16.0 Å². The number of pyridine rings is 1. The van der Waals surface area contributed by atoms with Gasteiger partial charge in [-0.15, -0.1) is 24.0 Å². The summed E-state index contributed by atoms with van der Waals surface area (Å²) < 4.78 is 66.3. The maximum atomic E-state index is 12.5. The van der Waals surface area contributed by atoms with E-state index in [-0.39, 0.29) is 48.8 Å². The number of ether oxygens (including phenoxy) is 1. The molecule has 0 aliphatic carbocycles. The second-order valence-electron chi connectivity index (χ2n) is 6.97. The number of sulfone groups is 1. The second-order valence-corrected chi connectivity index (χ2v) is 9.71. The lowest BCUT2D eigenvalue weighted by molar-refractivity contribution is -0.137. The van der Waals surface area contributed by atoms with E-state index in [1.54, 1.807) is 13.8 Å². The second kappa shape index (κ2) is 10.1. The fourth-order valence-corrected chi connectivity index (χ4v) is 4.05. The van der Waals surface area contributed by atoms with Gasteiger partial charge in [0.2, 0.25) is 5.88 Å². The topological polar surface area (TPSA) is 83.9 Å². The molecule has 1 aliphatic rings. The van der Waals surface area contributed by atoms with Crippen molar-refractivity contribution in [2.75, 3.05) is 38.5 Å². The van der Waals surface area contributed by atoms with Crippen molar-refractivity contribution < 1.29 is 26.3 Å². The number of hydrogen-bond donors (Lipinski definition) is 1. The number of nitrogens with zero attached hydrogens (tertiary/aromatic N) is 3. The van der Waals surface area contributed by atoms with Crippen LogP contribution in [0.15, 0.2) is 23.3 Å². The summed E-state index contributed by atoms with van der Waals surface area (Å²) >= 11 is 0. The molecule has 0 radical (unpaired) electrons. The third-order valence-corrected chi connectivity index (χ3v) is 6.88. The Labute approximate surface area is 186 Å². The number of alkyl halides is 3. The molecule has 0 saturated carbocycles. The first-order chi connectivity index (χ1) is 13.0. The highest BCUT2D eigenvalue weighted by Crippen LogP contribution is 2.29. The van der Waals surface area contributed by atoms with Gasteiger partial charge in [-0.1, -0.05) is 0 Å². The lowest BCUT2D eigenvalue weighted by atomic mass is 10.2. The Morgan fingerprint density at radius 2 is 2.07 bits per heavy atom. The SMILES string of the molecule is CCNC(=NCCOc1ccc(C(F)(F)F)cn1)N1CCS(=O)(=O)C(C)(C)C1.I. The summed E-state index contributed by atoms with van der Waals surface area (Å²) in [6.07, 6.45) is -3.72. The van der Waals surface area contributed by atoms with Crippen molar-refractivity contribution in [1.82, 2.24) is 15.2 Å². The quantitative estimate of drug-likeness (QED) is 0.263. The Kier molecular flexibility index (Phi) is 8.99. The number of guanidine groups is 1. The van der Waals surface area contributed by atoms with Crippen LogP contribution in [0.25, 0.3) is 0 Å². The first-order valence-electron chi connectivity index (χ1n) is 8.88. The van der Waals surface area contributed by atoms with E-state index >= 15 is 0 Å². The van der Waals surface area contributed by atoms with Gasteiger partial charge in [-0.05, 0) is 26.8 Å². The molecule has 2 rings (SSSR count). The van der Waals surface area contributed by atoms with Gasteiger partial charge in [0, 0.05) is 31.9 Å². The summed E-state index contributed by atoms with van der Waals surface area (Å²) in [6.45, 7) is 6.95. The lowest BCUT2D eigenvalue weighted by Crippen LogP contribution is -2.57. The van der Waals surface area contributed by atoms with Gasteiger partial charge < -0.3 is 15.0 Å². The van der Waals surface area contributed by atoms with Crippen LogP contribution >= 0.6 is 24.0 Å². The number of rotatable bonds is 5. The number of aliphatic imine (C=N–C) groups is 1. The molecule has 29 heavy (non-hydrogen) atoms. The molecule has 1 aromatic heterocycles. The minimum absolute atomic E-state index is 0. The van der Waals surface area contributed by atoms with E-state index in [2.05, 4.69) is 15.3 Å². The van der Waals surface area contributed by atoms with E-state index in [4.69, 9.17) is 4.74 Å². The lowest BCUT2D eigenvalue weighted by Gasteiger charge is -2.39. The zero-order valence-electron chi connectivity index (χ0n) is 16.5. The van der Waals surface area contributed by atoms with E-state index in [0.717, 1.165) is 18.3 Å². The van der Waals surface area contributed by atoms with Crippen molar-refractivity contribution in [1.29, 1.82) is 0 Å². The number of nitrogens with one attached hydrogen (secondary N) is 1. The molecule has 0 atom stereocenters. The fourth-order valence-electron chi connectivity index (χ4n) is 2.69. The minimum Gasteiger partial charge on any atom is -0.476 e. The number of hydrogen-bond acceptors (Lipinski definition) is 5. The standard InChI is InChI=1S/C17H25F3N4O3S.HI/c1-4-21-15(24-8-10-28(25,26)16(2,3)12-24)22-7-9-27-14-6-5-13(11-23-14)17(18,19)20;/h5-6,11H,4,7-10,12H2,1-3H3,(H,21,22);1H. The predicted octanol–water partition coefficient (Wildman–Crippen LogP) is 2.57. The van der Waals surface area contributed by atoms with Crippen molar-refractivity contribution in [3.8, 4) is 5.88 Å². The Morgan fingerprint density at radius 3 is 2.59 bits per heavy atom. The summed E-state index contributed by atoms with van der Waals surface area (Å²) in [5, 5.41) is 3.13. The first-order valence-corrected chi connectivity index (χ1v) is 10.5. The van der Waals surface area contributed by atoms with E-state index in [9.17, 15) is 21.6 Å². The number of halogens is 4. The van der Waals surface area contributed by atoms with Gasteiger partial charge in [0.1, 0.15) is 6.61 Å². The van der Waals surface area contributed by atoms with Crippen molar-refractivity contribution in [2.24, 2.45) is 4.99 Å². The van der Waals surface area contributed by atoms with E-state index in [1.807, 2.05) is 11.8 Å². The van der Waals surface area contributed by atoms with Crippen LogP contribution in [-0.4, -0.2) is 67.5 Å². The molecule has 1 N–H and O–H groups in total. The average Bonchev–Trinajstić information content (AvgIpc) is 2.60. The third-order valence-electron chi connectivity index (χ3n) is 4.34. The van der Waals surface area contributed by atoms with Crippen molar-refractivity contribution >= 4 is 39.8 Å². The maximum absolute atomic E-state index is 12.5. The largest absolute Gasteiger partial charge is 0.476 e. The van der Waals surface area contributed by atoms with Crippen molar-refractivity contribution in [3.05, 3.63) is 23.9 Å². The minimum atomic E-state index is -4.44. The fraction of sp³-hybridized carbons (Fsp3) is 0.647. The molecule has 2 heterocycles. The van der Waals surface area contributed by atoms with E-state index < -0.39 is 26.3 Å². The molecule has 0 amide bonds. The summed E-state index contributed by atoms with van der Waals surface area (Å²) in [5.74, 6) is 0.712. The zero-order chi connectivity index (χ0) is 21.0. The highest BCUT2D eigenvalue weighted by molar-refractivity contribution is 14.0. The molecule has 1 aliphatic heterocycles. The van der Waals surface area contributed by atoms with Crippen LogP contribution in [0.5, 0.6) is 5.88 Å². The highest BCUT2D eigenvalue weighted by atomic mass is 127.